The number of anilines is 1. The maximum Gasteiger partial charge on any atom is 0.433 e. The lowest BCUT2D eigenvalue weighted by molar-refractivity contribution is -0.141. The van der Waals surface area contributed by atoms with Gasteiger partial charge in [-0.1, -0.05) is 0 Å². The van der Waals surface area contributed by atoms with Crippen LogP contribution in [-0.4, -0.2) is 24.1 Å². The number of halogens is 3. The molecule has 0 amide bonds. The van der Waals surface area contributed by atoms with E-state index in [4.69, 9.17) is 5.26 Å². The second-order valence-electron chi connectivity index (χ2n) is 5.18. The highest BCUT2D eigenvalue weighted by Gasteiger charge is 2.33. The summed E-state index contributed by atoms with van der Waals surface area (Å²) in [6.07, 6.45) is -0.916. The standard InChI is InChI=1S/C14H17F3N4/c1-19-10-3-5-11(6-4-10)20-13-9(8-18)2-7-12(21-13)14(15,16)17/h2,7,10-11,19H,3-6H2,1H3,(H,20,21). The number of rotatable bonds is 3. The van der Waals surface area contributed by atoms with Crippen molar-refractivity contribution >= 4 is 5.82 Å². The fraction of sp³-hybridized carbons (Fsp3) is 0.571. The third kappa shape index (κ3) is 3.85. The summed E-state index contributed by atoms with van der Waals surface area (Å²) in [6.45, 7) is 0. The van der Waals surface area contributed by atoms with Crippen LogP contribution in [0.1, 0.15) is 36.9 Å². The minimum Gasteiger partial charge on any atom is -0.366 e. The number of pyridine rings is 1. The summed E-state index contributed by atoms with van der Waals surface area (Å²) in [7, 11) is 1.90. The van der Waals surface area contributed by atoms with Gasteiger partial charge in [0.2, 0.25) is 0 Å². The highest BCUT2D eigenvalue weighted by atomic mass is 19.4. The number of aromatic nitrogens is 1. The quantitative estimate of drug-likeness (QED) is 0.900. The van der Waals surface area contributed by atoms with E-state index in [2.05, 4.69) is 15.6 Å². The van der Waals surface area contributed by atoms with E-state index in [-0.39, 0.29) is 17.4 Å². The highest BCUT2D eigenvalue weighted by molar-refractivity contribution is 5.53. The van der Waals surface area contributed by atoms with Crippen LogP contribution < -0.4 is 10.6 Å². The molecule has 2 N–H and O–H groups in total. The fourth-order valence-corrected chi connectivity index (χ4v) is 2.54. The minimum atomic E-state index is -4.51. The molecule has 1 aliphatic rings. The van der Waals surface area contributed by atoms with E-state index in [9.17, 15) is 13.2 Å². The van der Waals surface area contributed by atoms with Crippen LogP contribution in [0.15, 0.2) is 12.1 Å². The number of hydrogen-bond donors (Lipinski definition) is 2. The van der Waals surface area contributed by atoms with Gasteiger partial charge in [-0.15, -0.1) is 0 Å². The van der Waals surface area contributed by atoms with E-state index in [0.717, 1.165) is 37.8 Å². The summed E-state index contributed by atoms with van der Waals surface area (Å²) in [5, 5.41) is 15.2. The number of hydrogen-bond acceptors (Lipinski definition) is 4. The van der Waals surface area contributed by atoms with E-state index in [1.54, 1.807) is 0 Å². The maximum atomic E-state index is 12.7. The SMILES string of the molecule is CNC1CCC(Nc2nc(C(F)(F)F)ccc2C#N)CC1. The third-order valence-corrected chi connectivity index (χ3v) is 3.78. The Morgan fingerprint density at radius 2 is 1.81 bits per heavy atom. The average molecular weight is 298 g/mol. The Kier molecular flexibility index (Phi) is 4.68. The predicted octanol–water partition coefficient (Wildman–Crippen LogP) is 2.91. The largest absolute Gasteiger partial charge is 0.433 e. The Morgan fingerprint density at radius 1 is 1.19 bits per heavy atom. The van der Waals surface area contributed by atoms with E-state index >= 15 is 0 Å². The predicted molar refractivity (Wildman–Crippen MR) is 72.7 cm³/mol. The molecule has 1 aromatic heterocycles. The molecule has 7 heteroatoms. The topological polar surface area (TPSA) is 60.7 Å². The zero-order chi connectivity index (χ0) is 15.5. The Morgan fingerprint density at radius 3 is 2.33 bits per heavy atom. The van der Waals surface area contributed by atoms with Crippen molar-refractivity contribution in [3.63, 3.8) is 0 Å². The summed E-state index contributed by atoms with van der Waals surface area (Å²) < 4.78 is 38.1. The van der Waals surface area contributed by atoms with Gasteiger partial charge in [0.15, 0.2) is 0 Å². The van der Waals surface area contributed by atoms with Gasteiger partial charge in [0.25, 0.3) is 0 Å². The number of nitriles is 1. The van der Waals surface area contributed by atoms with Crippen LogP contribution in [0.25, 0.3) is 0 Å². The molecule has 0 atom stereocenters. The molecule has 1 fully saturated rings. The molecule has 21 heavy (non-hydrogen) atoms. The Labute approximate surface area is 121 Å². The lowest BCUT2D eigenvalue weighted by Crippen LogP contribution is -2.35. The van der Waals surface area contributed by atoms with Gasteiger partial charge in [0, 0.05) is 12.1 Å². The molecule has 114 valence electrons. The maximum absolute atomic E-state index is 12.7. The van der Waals surface area contributed by atoms with Gasteiger partial charge >= 0.3 is 6.18 Å². The normalized spacial score (nSPS) is 22.6. The Balaban J connectivity index is 2.13. The van der Waals surface area contributed by atoms with Crippen LogP contribution in [0.3, 0.4) is 0 Å². The summed E-state index contributed by atoms with van der Waals surface area (Å²) in [5.41, 5.74) is -0.841. The summed E-state index contributed by atoms with van der Waals surface area (Å²) in [6, 6.07) is 4.38. The molecule has 1 aromatic rings. The summed E-state index contributed by atoms with van der Waals surface area (Å²) in [4.78, 5) is 3.57. The number of nitrogens with zero attached hydrogens (tertiary/aromatic N) is 2. The average Bonchev–Trinajstić information content (AvgIpc) is 2.47. The van der Waals surface area contributed by atoms with Crippen molar-refractivity contribution in [2.45, 2.75) is 43.9 Å². The molecule has 1 heterocycles. The lowest BCUT2D eigenvalue weighted by Gasteiger charge is -2.29. The van der Waals surface area contributed by atoms with Crippen LogP contribution in [0.5, 0.6) is 0 Å². The van der Waals surface area contributed by atoms with Crippen LogP contribution in [0.4, 0.5) is 19.0 Å². The van der Waals surface area contributed by atoms with E-state index in [1.165, 1.54) is 0 Å². The van der Waals surface area contributed by atoms with Crippen molar-refractivity contribution in [3.05, 3.63) is 23.4 Å². The van der Waals surface area contributed by atoms with Gasteiger partial charge < -0.3 is 10.6 Å². The monoisotopic (exact) mass is 298 g/mol. The van der Waals surface area contributed by atoms with Crippen molar-refractivity contribution in [3.8, 4) is 6.07 Å². The minimum absolute atomic E-state index is 0.0280. The molecule has 1 aliphatic carbocycles. The molecule has 1 saturated carbocycles. The molecule has 0 unspecified atom stereocenters. The molecule has 0 aliphatic heterocycles. The van der Waals surface area contributed by atoms with Crippen molar-refractivity contribution in [1.82, 2.24) is 10.3 Å². The van der Waals surface area contributed by atoms with Crippen molar-refractivity contribution in [2.75, 3.05) is 12.4 Å². The highest BCUT2D eigenvalue weighted by Crippen LogP contribution is 2.30. The van der Waals surface area contributed by atoms with E-state index < -0.39 is 11.9 Å². The molecule has 0 aromatic carbocycles. The molecule has 2 rings (SSSR count). The van der Waals surface area contributed by atoms with Gasteiger partial charge in [0.1, 0.15) is 17.6 Å². The van der Waals surface area contributed by atoms with Gasteiger partial charge in [0.05, 0.1) is 5.56 Å². The first-order chi connectivity index (χ1) is 9.94. The Bertz CT molecular complexity index is 528. The van der Waals surface area contributed by atoms with Crippen molar-refractivity contribution < 1.29 is 13.2 Å². The second-order valence-corrected chi connectivity index (χ2v) is 5.18. The first-order valence-corrected chi connectivity index (χ1v) is 6.86. The van der Waals surface area contributed by atoms with Gasteiger partial charge in [-0.3, -0.25) is 0 Å². The van der Waals surface area contributed by atoms with Crippen molar-refractivity contribution in [1.29, 1.82) is 5.26 Å². The summed E-state index contributed by atoms with van der Waals surface area (Å²) >= 11 is 0. The molecule has 0 saturated heterocycles. The van der Waals surface area contributed by atoms with Gasteiger partial charge in [-0.05, 0) is 44.9 Å². The molecule has 0 radical (unpaired) electrons. The first kappa shape index (κ1) is 15.6. The number of nitrogens with one attached hydrogen (secondary N) is 2. The van der Waals surface area contributed by atoms with Gasteiger partial charge in [-0.2, -0.15) is 18.4 Å². The Hall–Kier alpha value is -1.81. The van der Waals surface area contributed by atoms with Crippen LogP contribution >= 0.6 is 0 Å². The zero-order valence-electron chi connectivity index (χ0n) is 11.7. The second kappa shape index (κ2) is 6.31. The van der Waals surface area contributed by atoms with E-state index in [1.807, 2.05) is 13.1 Å². The zero-order valence-corrected chi connectivity index (χ0v) is 11.7. The molecular weight excluding hydrogens is 281 g/mol. The molecule has 4 nitrogen and oxygen atoms in total. The number of alkyl halides is 3. The van der Waals surface area contributed by atoms with Crippen LogP contribution in [-0.2, 0) is 6.18 Å². The summed E-state index contributed by atoms with van der Waals surface area (Å²) in [5.74, 6) is 0.0280. The smallest absolute Gasteiger partial charge is 0.366 e. The molecule has 0 spiro atoms. The molecule has 0 bridgehead atoms. The molecular formula is C14H17F3N4. The van der Waals surface area contributed by atoms with Crippen LogP contribution in [0, 0.1) is 11.3 Å². The fourth-order valence-electron chi connectivity index (χ4n) is 2.54. The van der Waals surface area contributed by atoms with E-state index in [0.29, 0.717) is 6.04 Å². The van der Waals surface area contributed by atoms with Gasteiger partial charge in [-0.25, -0.2) is 4.98 Å². The van der Waals surface area contributed by atoms with Crippen molar-refractivity contribution in [2.24, 2.45) is 0 Å². The first-order valence-electron chi connectivity index (χ1n) is 6.86. The lowest BCUT2D eigenvalue weighted by atomic mass is 9.91. The van der Waals surface area contributed by atoms with Crippen LogP contribution in [0.2, 0.25) is 0 Å². The third-order valence-electron chi connectivity index (χ3n) is 3.78.